The number of rotatable bonds is 6. The summed E-state index contributed by atoms with van der Waals surface area (Å²) in [6, 6.07) is 0. The Morgan fingerprint density at radius 2 is 1.74 bits per heavy atom. The molecule has 3 aliphatic rings. The van der Waals surface area contributed by atoms with Crippen LogP contribution in [-0.2, 0) is 18.5 Å². The predicted molar refractivity (Wildman–Crippen MR) is 88.9 cm³/mol. The molecule has 2 aliphatic carbocycles. The van der Waals surface area contributed by atoms with E-state index in [1.807, 2.05) is 47.4 Å². The van der Waals surface area contributed by atoms with Crippen molar-refractivity contribution in [1.82, 2.24) is 0 Å². The summed E-state index contributed by atoms with van der Waals surface area (Å²) in [4.78, 5) is 0. The Morgan fingerprint density at radius 1 is 1.13 bits per heavy atom. The van der Waals surface area contributed by atoms with Crippen LogP contribution in [0.1, 0.15) is 48.0 Å². The quantitative estimate of drug-likeness (QED) is 0.747. The maximum atomic E-state index is 10.5. The highest BCUT2D eigenvalue weighted by Crippen LogP contribution is 2.69. The Hall–Kier alpha value is -0.0300. The first-order valence-electron chi connectivity index (χ1n) is 8.50. The van der Waals surface area contributed by atoms with E-state index in [-0.39, 0.29) is 35.7 Å². The molecule has 0 amide bonds. The van der Waals surface area contributed by atoms with Crippen molar-refractivity contribution in [3.05, 3.63) is 11.9 Å². The predicted octanol–water partition coefficient (Wildman–Crippen LogP) is 3.56. The van der Waals surface area contributed by atoms with Crippen molar-refractivity contribution in [3.63, 3.8) is 0 Å². The van der Waals surface area contributed by atoms with Crippen LogP contribution in [0.4, 0.5) is 0 Å². The average Bonchev–Trinajstić information content (AvgIpc) is 2.98. The van der Waals surface area contributed by atoms with Crippen LogP contribution < -0.4 is 0 Å². The molecule has 1 heterocycles. The molecule has 0 aromatic rings. The zero-order chi connectivity index (χ0) is 17.0. The summed E-state index contributed by atoms with van der Waals surface area (Å²) < 4.78 is 23.7. The van der Waals surface area contributed by atoms with Crippen molar-refractivity contribution < 1.29 is 23.6 Å². The minimum absolute atomic E-state index is 0.0799. The fourth-order valence-electron chi connectivity index (χ4n) is 3.77. The molecule has 0 aromatic carbocycles. The van der Waals surface area contributed by atoms with Gasteiger partial charge in [-0.15, -0.1) is 0 Å². The van der Waals surface area contributed by atoms with Crippen LogP contribution in [-0.4, -0.2) is 41.4 Å². The first kappa shape index (κ1) is 17.8. The van der Waals surface area contributed by atoms with E-state index >= 15 is 0 Å². The Labute approximate surface area is 140 Å². The van der Waals surface area contributed by atoms with Gasteiger partial charge in [0.2, 0.25) is 0 Å². The van der Waals surface area contributed by atoms with Gasteiger partial charge in [-0.3, -0.25) is 0 Å². The fourth-order valence-corrected chi connectivity index (χ4v) is 5.19. The molecule has 132 valence electrons. The summed E-state index contributed by atoms with van der Waals surface area (Å²) in [6.45, 7) is 11.9. The molecule has 3 rings (SSSR count). The molecule has 0 bridgehead atoms. The molecule has 0 radical (unpaired) electrons. The van der Waals surface area contributed by atoms with Gasteiger partial charge in [0.25, 0.3) is 0 Å². The van der Waals surface area contributed by atoms with E-state index in [1.165, 1.54) is 0 Å². The maximum absolute atomic E-state index is 10.5. The number of fused-ring (bicyclic) bond motifs is 3. The van der Waals surface area contributed by atoms with E-state index in [9.17, 15) is 5.11 Å². The third kappa shape index (κ3) is 3.37. The lowest BCUT2D eigenvalue weighted by molar-refractivity contribution is -0.165. The smallest absolute Gasteiger partial charge is 0.197 e. The first-order chi connectivity index (χ1) is 10.6. The minimum atomic E-state index is -1.08. The number of aliphatic hydroxyl groups is 1. The van der Waals surface area contributed by atoms with Crippen molar-refractivity contribution >= 4 is 8.38 Å². The molecule has 5 atom stereocenters. The largest absolute Gasteiger partial charge is 0.390 e. The normalized spacial score (nSPS) is 41.3. The van der Waals surface area contributed by atoms with Crippen LogP contribution in [0.15, 0.2) is 11.9 Å². The lowest BCUT2D eigenvalue weighted by atomic mass is 10.00. The molecule has 23 heavy (non-hydrogen) atoms. The highest BCUT2D eigenvalue weighted by atomic mass is 31.2. The van der Waals surface area contributed by atoms with Gasteiger partial charge in [-0.2, -0.15) is 0 Å². The van der Waals surface area contributed by atoms with Crippen molar-refractivity contribution in [2.75, 3.05) is 0 Å². The average molecular weight is 344 g/mol. The lowest BCUT2D eigenvalue weighted by Crippen LogP contribution is -2.32. The van der Waals surface area contributed by atoms with Gasteiger partial charge in [-0.25, -0.2) is 0 Å². The molecule has 1 aliphatic heterocycles. The van der Waals surface area contributed by atoms with Gasteiger partial charge >= 0.3 is 0 Å². The second-order valence-electron chi connectivity index (χ2n) is 7.84. The van der Waals surface area contributed by atoms with Crippen molar-refractivity contribution in [2.45, 2.75) is 84.3 Å². The van der Waals surface area contributed by atoms with Crippen molar-refractivity contribution in [3.8, 4) is 0 Å². The minimum Gasteiger partial charge on any atom is -0.390 e. The van der Waals surface area contributed by atoms with Gasteiger partial charge in [-0.1, -0.05) is 6.08 Å². The standard InChI is InChI=1S/C17H29O5P/c1-10(2)21-23(22-11(3)4)8-7-17-9-12(17)13(18)14-15(17)20-16(5,6)19-14/h7-8,10-15,18H,9H2,1-6H3/b8-7+/t12-,13+,14+,15+,17-/m1/s1. The maximum Gasteiger partial charge on any atom is 0.197 e. The van der Waals surface area contributed by atoms with Crippen LogP contribution in [0, 0.1) is 11.3 Å². The molecule has 1 N–H and O–H groups in total. The van der Waals surface area contributed by atoms with Gasteiger partial charge in [0, 0.05) is 11.3 Å². The van der Waals surface area contributed by atoms with Crippen LogP contribution in [0.3, 0.4) is 0 Å². The third-order valence-electron chi connectivity index (χ3n) is 4.65. The van der Waals surface area contributed by atoms with Gasteiger partial charge in [0.05, 0.1) is 24.4 Å². The number of hydrogen-bond acceptors (Lipinski definition) is 5. The van der Waals surface area contributed by atoms with E-state index in [2.05, 4.69) is 6.08 Å². The monoisotopic (exact) mass is 344 g/mol. The Kier molecular flexibility index (Phi) is 4.68. The number of hydrogen-bond donors (Lipinski definition) is 1. The van der Waals surface area contributed by atoms with Gasteiger partial charge in [-0.05, 0) is 53.8 Å². The topological polar surface area (TPSA) is 57.2 Å². The van der Waals surface area contributed by atoms with Crippen LogP contribution >= 0.6 is 8.38 Å². The zero-order valence-electron chi connectivity index (χ0n) is 14.9. The molecule has 2 saturated carbocycles. The summed E-state index contributed by atoms with van der Waals surface area (Å²) in [5.74, 6) is 1.64. The molecule has 0 spiro atoms. The SMILES string of the molecule is CC(C)OP(/C=C/[C@@]12C[C@@H]1[C@H](O)[C@@H]1OC(C)(C)O[C@@H]12)OC(C)C. The second kappa shape index (κ2) is 6.05. The number of aliphatic hydroxyl groups excluding tert-OH is 1. The van der Waals surface area contributed by atoms with Gasteiger partial charge in [0.15, 0.2) is 14.2 Å². The van der Waals surface area contributed by atoms with Crippen molar-refractivity contribution in [2.24, 2.45) is 11.3 Å². The summed E-state index contributed by atoms with van der Waals surface area (Å²) in [7, 11) is -1.08. The Morgan fingerprint density at radius 3 is 2.30 bits per heavy atom. The first-order valence-corrected chi connectivity index (χ1v) is 9.75. The van der Waals surface area contributed by atoms with Crippen LogP contribution in [0.5, 0.6) is 0 Å². The highest BCUT2D eigenvalue weighted by molar-refractivity contribution is 7.50. The molecule has 0 unspecified atom stereocenters. The van der Waals surface area contributed by atoms with Gasteiger partial charge in [0.1, 0.15) is 6.10 Å². The molecule has 5 nitrogen and oxygen atoms in total. The molecule has 0 aromatic heterocycles. The third-order valence-corrected chi connectivity index (χ3v) is 6.30. The molecular formula is C17H29O5P. The van der Waals surface area contributed by atoms with E-state index in [0.29, 0.717) is 0 Å². The highest BCUT2D eigenvalue weighted by Gasteiger charge is 2.74. The molecule has 3 fully saturated rings. The Balaban J connectivity index is 1.73. The molecule has 6 heteroatoms. The summed E-state index contributed by atoms with van der Waals surface area (Å²) >= 11 is 0. The van der Waals surface area contributed by atoms with E-state index in [4.69, 9.17) is 18.5 Å². The molecule has 1 saturated heterocycles. The van der Waals surface area contributed by atoms with Crippen LogP contribution in [0.2, 0.25) is 0 Å². The summed E-state index contributed by atoms with van der Waals surface area (Å²) in [5, 5.41) is 10.5. The Bertz CT molecular complexity index is 468. The van der Waals surface area contributed by atoms with E-state index < -0.39 is 20.3 Å². The number of ether oxygens (including phenoxy) is 2. The van der Waals surface area contributed by atoms with E-state index in [1.54, 1.807) is 0 Å². The lowest BCUT2D eigenvalue weighted by Gasteiger charge is -2.22. The molecular weight excluding hydrogens is 315 g/mol. The van der Waals surface area contributed by atoms with Crippen LogP contribution in [0.25, 0.3) is 0 Å². The fraction of sp³-hybridized carbons (Fsp3) is 0.882. The van der Waals surface area contributed by atoms with Crippen molar-refractivity contribution in [1.29, 1.82) is 0 Å². The van der Waals surface area contributed by atoms with Gasteiger partial charge < -0.3 is 23.6 Å². The summed E-state index contributed by atoms with van der Waals surface area (Å²) in [6.07, 6.45) is 2.58. The van der Waals surface area contributed by atoms with E-state index in [0.717, 1.165) is 6.42 Å². The summed E-state index contributed by atoms with van der Waals surface area (Å²) in [5.41, 5.74) is -0.126. The zero-order valence-corrected chi connectivity index (χ0v) is 15.7. The second-order valence-corrected chi connectivity index (χ2v) is 9.13.